The monoisotopic (exact) mass is 420 g/mol. The van der Waals surface area contributed by atoms with E-state index >= 15 is 0 Å². The zero-order chi connectivity index (χ0) is 16.2. The summed E-state index contributed by atoms with van der Waals surface area (Å²) in [6, 6.07) is 8.59. The Morgan fingerprint density at radius 2 is 1.91 bits per heavy atom. The molecule has 1 unspecified atom stereocenters. The number of ether oxygens (including phenoxy) is 1. The summed E-state index contributed by atoms with van der Waals surface area (Å²) in [5, 5.41) is 0. The van der Waals surface area contributed by atoms with E-state index in [0.717, 1.165) is 5.76 Å². The van der Waals surface area contributed by atoms with E-state index < -0.39 is 0 Å². The summed E-state index contributed by atoms with van der Waals surface area (Å²) in [5.74, 6) is 0.968. The molecule has 1 atom stereocenters. The Hall–Kier alpha value is -1.78. The zero-order valence-electron chi connectivity index (χ0n) is 13.6. The molecule has 0 saturated carbocycles. The van der Waals surface area contributed by atoms with Crippen LogP contribution in [0.3, 0.4) is 0 Å². The quantitative estimate of drug-likeness (QED) is 0.542. The van der Waals surface area contributed by atoms with Crippen molar-refractivity contribution < 1.29 is 4.74 Å². The van der Waals surface area contributed by atoms with E-state index in [2.05, 4.69) is 83.8 Å². The molecule has 23 heavy (non-hydrogen) atoms. The van der Waals surface area contributed by atoms with Crippen molar-refractivity contribution >= 4 is 32.7 Å². The summed E-state index contributed by atoms with van der Waals surface area (Å²) in [4.78, 5) is 2.11. The van der Waals surface area contributed by atoms with Crippen LogP contribution >= 0.6 is 0 Å². The number of hydrogen-bond donors (Lipinski definition) is 0. The van der Waals surface area contributed by atoms with Gasteiger partial charge in [-0.2, -0.15) is 0 Å². The van der Waals surface area contributed by atoms with E-state index in [-0.39, 0.29) is 20.9 Å². The molecule has 3 rings (SSSR count). The first kappa shape index (κ1) is 16.1. The molecule has 1 aromatic carbocycles. The fourth-order valence-electron chi connectivity index (χ4n) is 2.52. The van der Waals surface area contributed by atoms with Gasteiger partial charge in [0.05, 0.1) is 0 Å². The third-order valence-corrected chi connectivity index (χ3v) is 6.46. The molecule has 1 aliphatic heterocycles. The molecule has 0 bridgehead atoms. The van der Waals surface area contributed by atoms with Crippen molar-refractivity contribution in [2.45, 2.75) is 3.97 Å². The molecular weight excluding hydrogens is 398 g/mol. The summed E-state index contributed by atoms with van der Waals surface area (Å²) in [7, 11) is 5.84. The first-order valence-corrected chi connectivity index (χ1v) is 10.1. The van der Waals surface area contributed by atoms with Crippen molar-refractivity contribution in [1.82, 2.24) is 0 Å². The van der Waals surface area contributed by atoms with E-state index in [4.69, 9.17) is 4.74 Å². The Labute approximate surface area is 148 Å². The second-order valence-corrected chi connectivity index (χ2v) is 8.43. The van der Waals surface area contributed by atoms with Gasteiger partial charge in [-0.1, -0.05) is 0 Å². The van der Waals surface area contributed by atoms with Crippen LogP contribution in [0.5, 0.6) is 0 Å². The molecule has 0 amide bonds. The van der Waals surface area contributed by atoms with Gasteiger partial charge in [-0.05, 0) is 0 Å². The molecular formula is C20H20NOTe+. The van der Waals surface area contributed by atoms with Gasteiger partial charge in [-0.15, -0.1) is 0 Å². The van der Waals surface area contributed by atoms with Gasteiger partial charge in [0.2, 0.25) is 0 Å². The minimum absolute atomic E-state index is 0.280. The number of hydrogen-bond acceptors (Lipinski definition) is 2. The number of anilines is 1. The van der Waals surface area contributed by atoms with Crippen molar-refractivity contribution in [1.29, 1.82) is 0 Å². The molecule has 0 aromatic heterocycles. The van der Waals surface area contributed by atoms with E-state index in [9.17, 15) is 0 Å². The van der Waals surface area contributed by atoms with E-state index in [0.29, 0.717) is 3.97 Å². The third kappa shape index (κ3) is 3.77. The summed E-state index contributed by atoms with van der Waals surface area (Å²) < 4.78 is 9.34. The molecule has 2 aliphatic rings. The van der Waals surface area contributed by atoms with Crippen molar-refractivity contribution in [3.8, 4) is 0 Å². The van der Waals surface area contributed by atoms with E-state index in [1.807, 2.05) is 0 Å². The Morgan fingerprint density at radius 1 is 1.13 bits per heavy atom. The van der Waals surface area contributed by atoms with Gasteiger partial charge < -0.3 is 0 Å². The van der Waals surface area contributed by atoms with Crippen LogP contribution in [0.1, 0.15) is 5.56 Å². The van der Waals surface area contributed by atoms with Crippen molar-refractivity contribution in [2.75, 3.05) is 26.1 Å². The molecule has 1 aromatic rings. The average molecular weight is 418 g/mol. The molecule has 116 valence electrons. The second kappa shape index (κ2) is 7.19. The molecule has 2 nitrogen and oxygen atoms in total. The number of rotatable bonds is 4. The normalized spacial score (nSPS) is 19.4. The summed E-state index contributed by atoms with van der Waals surface area (Å²) >= 11 is -0.280. The van der Waals surface area contributed by atoms with Crippen LogP contribution in [0.25, 0.3) is 6.08 Å². The summed E-state index contributed by atoms with van der Waals surface area (Å²) in [6.45, 7) is 0. The van der Waals surface area contributed by atoms with Crippen molar-refractivity contribution in [3.63, 3.8) is 0 Å². The van der Waals surface area contributed by atoms with Gasteiger partial charge in [0.1, 0.15) is 0 Å². The Balaban J connectivity index is 1.81. The van der Waals surface area contributed by atoms with E-state index in [1.165, 1.54) is 22.4 Å². The number of fused-ring (bicyclic) bond motifs is 1. The third-order valence-electron chi connectivity index (χ3n) is 3.89. The minimum atomic E-state index is -0.280. The molecule has 3 heteroatoms. The summed E-state index contributed by atoms with van der Waals surface area (Å²) in [5.41, 5.74) is 5.08. The Bertz CT molecular complexity index is 721. The number of allylic oxidation sites excluding steroid dienone is 7. The van der Waals surface area contributed by atoms with Crippen LogP contribution in [-0.2, 0) is 4.74 Å². The van der Waals surface area contributed by atoms with Crippen LogP contribution in [0, 0.1) is 4.12 Å². The molecule has 0 spiro atoms. The van der Waals surface area contributed by atoms with Gasteiger partial charge in [-0.25, -0.2) is 0 Å². The fraction of sp³-hybridized carbons (Fsp3) is 0.200. The van der Waals surface area contributed by atoms with Crippen LogP contribution in [0.15, 0.2) is 71.6 Å². The van der Waals surface area contributed by atoms with Gasteiger partial charge >= 0.3 is 149 Å². The van der Waals surface area contributed by atoms with Crippen LogP contribution in [0.2, 0.25) is 3.97 Å². The molecule has 0 N–H and O–H groups in total. The van der Waals surface area contributed by atoms with Crippen LogP contribution < -0.4 is 4.90 Å². The Kier molecular flexibility index (Phi) is 5.03. The number of nitrogens with zero attached hydrogens (tertiary/aromatic N) is 1. The van der Waals surface area contributed by atoms with Gasteiger partial charge in [0.15, 0.2) is 0 Å². The van der Waals surface area contributed by atoms with Gasteiger partial charge in [0, 0.05) is 0 Å². The molecule has 0 radical (unpaired) electrons. The number of benzene rings is 1. The SMILES string of the molecule is COC1=CC2[Te][C+]=CC(C=Cc3ccc(N(C)C)cc3)=C2C=C1. The van der Waals surface area contributed by atoms with Crippen LogP contribution in [-0.4, -0.2) is 42.1 Å². The maximum atomic E-state index is 5.35. The predicted molar refractivity (Wildman–Crippen MR) is 98.4 cm³/mol. The topological polar surface area (TPSA) is 12.5 Å². The van der Waals surface area contributed by atoms with Crippen molar-refractivity contribution in [2.24, 2.45) is 0 Å². The first-order valence-electron chi connectivity index (χ1n) is 7.55. The second-order valence-electron chi connectivity index (χ2n) is 5.64. The fourth-order valence-corrected chi connectivity index (χ4v) is 5.05. The van der Waals surface area contributed by atoms with Gasteiger partial charge in [0.25, 0.3) is 0 Å². The van der Waals surface area contributed by atoms with Crippen molar-refractivity contribution in [3.05, 3.63) is 81.2 Å². The molecule has 0 fully saturated rings. The zero-order valence-corrected chi connectivity index (χ0v) is 15.9. The first-order chi connectivity index (χ1) is 11.2. The predicted octanol–water partition coefficient (Wildman–Crippen LogP) is 3.99. The molecule has 1 heterocycles. The maximum absolute atomic E-state index is 5.35. The average Bonchev–Trinajstić information content (AvgIpc) is 2.59. The number of methoxy groups -OCH3 is 1. The van der Waals surface area contributed by atoms with Gasteiger partial charge in [-0.3, -0.25) is 0 Å². The van der Waals surface area contributed by atoms with Crippen LogP contribution in [0.4, 0.5) is 5.69 Å². The standard InChI is InChI=1S/C20H20NOTe/c1-21(2)17-8-5-15(6-9-17)4-7-16-12-13-23-20-14-18(22-3)10-11-19(16)20/h4-12,14,20H,1-3H3/q+1. The molecule has 1 aliphatic carbocycles. The van der Waals surface area contributed by atoms with E-state index in [1.54, 1.807) is 7.11 Å². The summed E-state index contributed by atoms with van der Waals surface area (Å²) in [6.07, 6.45) is 13.0. The molecule has 0 saturated heterocycles. The Morgan fingerprint density at radius 3 is 2.61 bits per heavy atom.